The first-order valence-electron chi connectivity index (χ1n) is 4.21. The minimum atomic E-state index is 0. The first-order chi connectivity index (χ1) is 5.88. The highest BCUT2D eigenvalue weighted by Gasteiger charge is 2.04. The maximum atomic E-state index is 3.73. The van der Waals surface area contributed by atoms with Crippen LogP contribution in [0.1, 0.15) is 18.0 Å². The second kappa shape index (κ2) is 6.70. The molecule has 1 aromatic carbocycles. The molecule has 1 N–H and O–H groups in total. The lowest BCUT2D eigenvalue weighted by atomic mass is 10.0. The molecule has 1 rings (SSSR count). The molecule has 0 spiro atoms. The summed E-state index contributed by atoms with van der Waals surface area (Å²) < 4.78 is 0. The van der Waals surface area contributed by atoms with Crippen molar-refractivity contribution in [1.82, 2.24) is 5.32 Å². The third-order valence-electron chi connectivity index (χ3n) is 1.95. The maximum absolute atomic E-state index is 3.73. The summed E-state index contributed by atoms with van der Waals surface area (Å²) in [6, 6.07) is 10.8. The molecule has 0 aromatic heterocycles. The Balaban J connectivity index is 0.00000144. The van der Waals surface area contributed by atoms with E-state index in [1.165, 1.54) is 5.56 Å². The van der Waals surface area contributed by atoms with Gasteiger partial charge in [-0.15, -0.1) is 19.0 Å². The first kappa shape index (κ1) is 12.2. The summed E-state index contributed by atoms with van der Waals surface area (Å²) in [6.07, 6.45) is 2.91. The van der Waals surface area contributed by atoms with Crippen LogP contribution in [0.5, 0.6) is 0 Å². The summed E-state index contributed by atoms with van der Waals surface area (Å²) in [4.78, 5) is 0. The van der Waals surface area contributed by atoms with Crippen molar-refractivity contribution in [3.63, 3.8) is 0 Å². The van der Waals surface area contributed by atoms with Crippen molar-refractivity contribution < 1.29 is 0 Å². The molecule has 0 aliphatic heterocycles. The van der Waals surface area contributed by atoms with Crippen molar-refractivity contribution >= 4 is 12.4 Å². The molecule has 1 aromatic rings. The average molecular weight is 198 g/mol. The van der Waals surface area contributed by atoms with Crippen LogP contribution >= 0.6 is 12.4 Å². The van der Waals surface area contributed by atoms with E-state index in [9.17, 15) is 0 Å². The van der Waals surface area contributed by atoms with Gasteiger partial charge >= 0.3 is 0 Å². The normalized spacial score (nSPS) is 11.5. The highest BCUT2D eigenvalue weighted by atomic mass is 35.5. The SMILES string of the molecule is C=CCC(NC)c1ccccc1.Cl. The summed E-state index contributed by atoms with van der Waals surface area (Å²) in [5, 5.41) is 3.25. The fraction of sp³-hybridized carbons (Fsp3) is 0.273. The number of hydrogen-bond acceptors (Lipinski definition) is 1. The second-order valence-electron chi connectivity index (χ2n) is 2.78. The largest absolute Gasteiger partial charge is 0.313 e. The van der Waals surface area contributed by atoms with Gasteiger partial charge in [-0.3, -0.25) is 0 Å². The van der Waals surface area contributed by atoms with Gasteiger partial charge in [-0.05, 0) is 19.0 Å². The number of hydrogen-bond donors (Lipinski definition) is 1. The van der Waals surface area contributed by atoms with Crippen LogP contribution in [-0.2, 0) is 0 Å². The van der Waals surface area contributed by atoms with Crippen LogP contribution in [0.25, 0.3) is 0 Å². The standard InChI is InChI=1S/C11H15N.ClH/c1-3-7-11(12-2)10-8-5-4-6-9-10;/h3-6,8-9,11-12H,1,7H2,2H3;1H. The molecule has 0 radical (unpaired) electrons. The molecule has 72 valence electrons. The topological polar surface area (TPSA) is 12.0 Å². The van der Waals surface area contributed by atoms with Gasteiger partial charge in [-0.25, -0.2) is 0 Å². The number of benzene rings is 1. The molecule has 1 atom stereocenters. The van der Waals surface area contributed by atoms with Gasteiger partial charge in [-0.2, -0.15) is 0 Å². The molecule has 1 unspecified atom stereocenters. The summed E-state index contributed by atoms with van der Waals surface area (Å²) in [5.41, 5.74) is 1.32. The fourth-order valence-corrected chi connectivity index (χ4v) is 1.27. The van der Waals surface area contributed by atoms with Crippen molar-refractivity contribution in [2.45, 2.75) is 12.5 Å². The van der Waals surface area contributed by atoms with Crippen LogP contribution in [0.15, 0.2) is 43.0 Å². The zero-order valence-corrected chi connectivity index (χ0v) is 8.68. The van der Waals surface area contributed by atoms with Crippen LogP contribution in [0.2, 0.25) is 0 Å². The van der Waals surface area contributed by atoms with E-state index in [4.69, 9.17) is 0 Å². The average Bonchev–Trinajstić information content (AvgIpc) is 2.15. The molecule has 13 heavy (non-hydrogen) atoms. The zero-order chi connectivity index (χ0) is 8.81. The van der Waals surface area contributed by atoms with Gasteiger partial charge in [0, 0.05) is 6.04 Å². The predicted molar refractivity (Wildman–Crippen MR) is 60.3 cm³/mol. The Morgan fingerprint density at radius 2 is 2.00 bits per heavy atom. The van der Waals surface area contributed by atoms with Crippen molar-refractivity contribution in [3.05, 3.63) is 48.6 Å². The number of nitrogens with one attached hydrogen (secondary N) is 1. The summed E-state index contributed by atoms with van der Waals surface area (Å²) in [5.74, 6) is 0. The predicted octanol–water partition coefficient (Wildman–Crippen LogP) is 2.95. The van der Waals surface area contributed by atoms with Crippen molar-refractivity contribution in [3.8, 4) is 0 Å². The first-order valence-corrected chi connectivity index (χ1v) is 4.21. The van der Waals surface area contributed by atoms with E-state index in [0.29, 0.717) is 6.04 Å². The van der Waals surface area contributed by atoms with Gasteiger partial charge in [-0.1, -0.05) is 36.4 Å². The number of rotatable bonds is 4. The van der Waals surface area contributed by atoms with Crippen LogP contribution < -0.4 is 5.32 Å². The third-order valence-corrected chi connectivity index (χ3v) is 1.95. The smallest absolute Gasteiger partial charge is 0.0352 e. The second-order valence-corrected chi connectivity index (χ2v) is 2.78. The Morgan fingerprint density at radius 3 is 2.46 bits per heavy atom. The van der Waals surface area contributed by atoms with E-state index >= 15 is 0 Å². The fourth-order valence-electron chi connectivity index (χ4n) is 1.27. The lowest BCUT2D eigenvalue weighted by Gasteiger charge is -2.13. The van der Waals surface area contributed by atoms with E-state index in [1.807, 2.05) is 19.2 Å². The molecule has 0 aliphatic rings. The molecule has 0 aliphatic carbocycles. The summed E-state index contributed by atoms with van der Waals surface area (Å²) >= 11 is 0. The van der Waals surface area contributed by atoms with Gasteiger partial charge < -0.3 is 5.32 Å². The molecule has 0 fully saturated rings. The third kappa shape index (κ3) is 3.62. The van der Waals surface area contributed by atoms with E-state index in [-0.39, 0.29) is 12.4 Å². The Morgan fingerprint density at radius 1 is 1.38 bits per heavy atom. The molecule has 2 heteroatoms. The Hall–Kier alpha value is -0.790. The highest BCUT2D eigenvalue weighted by Crippen LogP contribution is 2.15. The minimum absolute atomic E-state index is 0. The van der Waals surface area contributed by atoms with Gasteiger partial charge in [0.2, 0.25) is 0 Å². The molecule has 0 amide bonds. The van der Waals surface area contributed by atoms with Crippen molar-refractivity contribution in [2.24, 2.45) is 0 Å². The van der Waals surface area contributed by atoms with Crippen LogP contribution in [0.3, 0.4) is 0 Å². The maximum Gasteiger partial charge on any atom is 0.0352 e. The van der Waals surface area contributed by atoms with Crippen LogP contribution in [0, 0.1) is 0 Å². The molecular weight excluding hydrogens is 182 g/mol. The summed E-state index contributed by atoms with van der Waals surface area (Å²) in [6.45, 7) is 3.73. The summed E-state index contributed by atoms with van der Waals surface area (Å²) in [7, 11) is 1.97. The van der Waals surface area contributed by atoms with Gasteiger partial charge in [0.15, 0.2) is 0 Å². The lowest BCUT2D eigenvalue weighted by molar-refractivity contribution is 0.604. The van der Waals surface area contributed by atoms with Gasteiger partial charge in [0.05, 0.1) is 0 Å². The van der Waals surface area contributed by atoms with E-state index in [2.05, 4.69) is 36.2 Å². The number of halogens is 1. The molecule has 0 saturated heterocycles. The molecule has 0 saturated carbocycles. The van der Waals surface area contributed by atoms with E-state index < -0.39 is 0 Å². The van der Waals surface area contributed by atoms with E-state index in [0.717, 1.165) is 6.42 Å². The quantitative estimate of drug-likeness (QED) is 0.732. The molecule has 0 heterocycles. The highest BCUT2D eigenvalue weighted by molar-refractivity contribution is 5.85. The minimum Gasteiger partial charge on any atom is -0.313 e. The Bertz CT molecular complexity index is 233. The van der Waals surface area contributed by atoms with Crippen molar-refractivity contribution in [1.29, 1.82) is 0 Å². The molecule has 0 bridgehead atoms. The molecular formula is C11H16ClN. The molecule has 1 nitrogen and oxygen atoms in total. The van der Waals surface area contributed by atoms with Gasteiger partial charge in [0.1, 0.15) is 0 Å². The Kier molecular flexibility index (Phi) is 6.29. The van der Waals surface area contributed by atoms with Gasteiger partial charge in [0.25, 0.3) is 0 Å². The zero-order valence-electron chi connectivity index (χ0n) is 7.86. The monoisotopic (exact) mass is 197 g/mol. The van der Waals surface area contributed by atoms with Crippen molar-refractivity contribution in [2.75, 3.05) is 7.05 Å². The Labute approximate surface area is 86.3 Å². The lowest BCUT2D eigenvalue weighted by Crippen LogP contribution is -2.15. The van der Waals surface area contributed by atoms with Crippen LogP contribution in [-0.4, -0.2) is 7.05 Å². The van der Waals surface area contributed by atoms with E-state index in [1.54, 1.807) is 0 Å². The van der Waals surface area contributed by atoms with Crippen LogP contribution in [0.4, 0.5) is 0 Å².